The highest BCUT2D eigenvalue weighted by molar-refractivity contribution is 5.90. The van der Waals surface area contributed by atoms with E-state index in [1.165, 1.54) is 12.1 Å². The number of para-hydroxylation sites is 1. The molecule has 1 heterocycles. The highest BCUT2D eigenvalue weighted by atomic mass is 19.1. The molecule has 0 atom stereocenters. The third-order valence-corrected chi connectivity index (χ3v) is 4.51. The van der Waals surface area contributed by atoms with E-state index >= 15 is 0 Å². The minimum absolute atomic E-state index is 0.104. The number of pyridine rings is 1. The van der Waals surface area contributed by atoms with Gasteiger partial charge >= 0.3 is 6.03 Å². The summed E-state index contributed by atoms with van der Waals surface area (Å²) in [4.78, 5) is 16.6. The lowest BCUT2D eigenvalue weighted by Gasteiger charge is -2.22. The first-order valence-electron chi connectivity index (χ1n) is 9.84. The van der Waals surface area contributed by atoms with Gasteiger partial charge < -0.3 is 15.4 Å². The number of halogens is 1. The molecular formula is C24H26FN3O2. The Hall–Kier alpha value is -3.41. The number of hydrogen-bond acceptors (Lipinski definition) is 3. The molecule has 0 unspecified atom stereocenters. The number of ether oxygens (including phenoxy) is 1. The molecule has 2 amide bonds. The second kappa shape index (κ2) is 9.39. The Morgan fingerprint density at radius 2 is 1.87 bits per heavy atom. The first kappa shape index (κ1) is 21.3. The number of aromatic nitrogens is 1. The zero-order chi connectivity index (χ0) is 21.6. The summed E-state index contributed by atoms with van der Waals surface area (Å²) in [5, 5.41) is 5.54. The van der Waals surface area contributed by atoms with Crippen molar-refractivity contribution >= 4 is 11.7 Å². The molecule has 1 aromatic heterocycles. The third kappa shape index (κ3) is 5.80. The zero-order valence-electron chi connectivity index (χ0n) is 17.4. The lowest BCUT2D eigenvalue weighted by molar-refractivity contribution is 0.252. The van der Waals surface area contributed by atoms with Crippen LogP contribution in [-0.4, -0.2) is 17.6 Å². The van der Waals surface area contributed by atoms with Gasteiger partial charge in [-0.1, -0.05) is 51.1 Å². The summed E-state index contributed by atoms with van der Waals surface area (Å²) in [6.45, 7) is 6.70. The van der Waals surface area contributed by atoms with Crippen molar-refractivity contribution in [3.05, 3.63) is 83.8 Å². The van der Waals surface area contributed by atoms with E-state index in [4.69, 9.17) is 4.74 Å². The minimum atomic E-state index is -0.381. The second-order valence-electron chi connectivity index (χ2n) is 7.97. The number of amides is 2. The summed E-state index contributed by atoms with van der Waals surface area (Å²) in [7, 11) is 0. The summed E-state index contributed by atoms with van der Waals surface area (Å²) in [6, 6.07) is 17.2. The van der Waals surface area contributed by atoms with Gasteiger partial charge in [0.25, 0.3) is 0 Å². The molecule has 0 aliphatic carbocycles. The number of carbonyl (C=O) groups is 1. The van der Waals surface area contributed by atoms with Gasteiger partial charge in [0, 0.05) is 18.3 Å². The molecule has 5 nitrogen and oxygen atoms in total. The number of hydrogen-bond donors (Lipinski definition) is 2. The maximum Gasteiger partial charge on any atom is 0.319 e. The standard InChI is InChI=1S/C24H26FN3O2/c1-24(2,3)19-10-4-5-12-21(19)30-22-20(11-7-14-26-22)28-23(29)27-15-13-17-8-6-9-18(25)16-17/h4-12,14,16H,13,15H2,1-3H3,(H2,27,28,29). The van der Waals surface area contributed by atoms with Crippen LogP contribution in [0, 0.1) is 5.82 Å². The molecule has 0 spiro atoms. The topological polar surface area (TPSA) is 63.2 Å². The summed E-state index contributed by atoms with van der Waals surface area (Å²) in [5.74, 6) is 0.720. The Morgan fingerprint density at radius 1 is 1.07 bits per heavy atom. The average Bonchev–Trinajstić information content (AvgIpc) is 2.69. The van der Waals surface area contributed by atoms with Gasteiger partial charge in [-0.15, -0.1) is 0 Å². The van der Waals surface area contributed by atoms with Crippen molar-refractivity contribution in [2.24, 2.45) is 0 Å². The SMILES string of the molecule is CC(C)(C)c1ccccc1Oc1ncccc1NC(=O)NCCc1cccc(F)c1. The number of urea groups is 1. The third-order valence-electron chi connectivity index (χ3n) is 4.51. The van der Waals surface area contributed by atoms with Crippen molar-refractivity contribution in [3.63, 3.8) is 0 Å². The number of nitrogens with zero attached hydrogens (tertiary/aromatic N) is 1. The fraction of sp³-hybridized carbons (Fsp3) is 0.250. The highest BCUT2D eigenvalue weighted by Gasteiger charge is 2.20. The van der Waals surface area contributed by atoms with Crippen LogP contribution in [0.3, 0.4) is 0 Å². The van der Waals surface area contributed by atoms with Crippen LogP contribution in [-0.2, 0) is 11.8 Å². The molecule has 2 N–H and O–H groups in total. The predicted octanol–water partition coefficient (Wildman–Crippen LogP) is 5.67. The van der Waals surface area contributed by atoms with Gasteiger partial charge in [0.1, 0.15) is 17.3 Å². The molecule has 0 radical (unpaired) electrons. The largest absolute Gasteiger partial charge is 0.437 e. The van der Waals surface area contributed by atoms with E-state index in [1.54, 1.807) is 24.4 Å². The molecule has 3 aromatic rings. The molecule has 0 bridgehead atoms. The van der Waals surface area contributed by atoms with Crippen LogP contribution in [0.15, 0.2) is 66.9 Å². The first-order valence-corrected chi connectivity index (χ1v) is 9.84. The number of benzene rings is 2. The van der Waals surface area contributed by atoms with Gasteiger partial charge in [0.05, 0.1) is 0 Å². The van der Waals surface area contributed by atoms with Crippen molar-refractivity contribution in [1.29, 1.82) is 0 Å². The molecule has 30 heavy (non-hydrogen) atoms. The Morgan fingerprint density at radius 3 is 2.63 bits per heavy atom. The molecule has 0 saturated carbocycles. The van der Waals surface area contributed by atoms with Crippen LogP contribution in [0.5, 0.6) is 11.6 Å². The summed E-state index contributed by atoms with van der Waals surface area (Å²) < 4.78 is 19.3. The minimum Gasteiger partial charge on any atom is -0.437 e. The lowest BCUT2D eigenvalue weighted by atomic mass is 9.86. The first-order chi connectivity index (χ1) is 14.3. The molecule has 0 aliphatic heterocycles. The van der Waals surface area contributed by atoms with Crippen LogP contribution in [0.1, 0.15) is 31.9 Å². The van der Waals surface area contributed by atoms with Gasteiger partial charge in [-0.3, -0.25) is 0 Å². The van der Waals surface area contributed by atoms with Gasteiger partial charge in [-0.05, 0) is 47.7 Å². The highest BCUT2D eigenvalue weighted by Crippen LogP contribution is 2.35. The second-order valence-corrected chi connectivity index (χ2v) is 7.97. The fourth-order valence-electron chi connectivity index (χ4n) is 3.03. The van der Waals surface area contributed by atoms with E-state index in [2.05, 4.69) is 36.4 Å². The molecule has 6 heteroatoms. The summed E-state index contributed by atoms with van der Waals surface area (Å²) >= 11 is 0. The Kier molecular flexibility index (Phi) is 6.67. The van der Waals surface area contributed by atoms with Crippen molar-refractivity contribution in [2.75, 3.05) is 11.9 Å². The smallest absolute Gasteiger partial charge is 0.319 e. The predicted molar refractivity (Wildman–Crippen MR) is 117 cm³/mol. The maximum absolute atomic E-state index is 13.2. The summed E-state index contributed by atoms with van der Waals surface area (Å²) in [5.41, 5.74) is 2.22. The Balaban J connectivity index is 1.65. The molecule has 0 saturated heterocycles. The van der Waals surface area contributed by atoms with E-state index in [9.17, 15) is 9.18 Å². The van der Waals surface area contributed by atoms with Crippen molar-refractivity contribution < 1.29 is 13.9 Å². The van der Waals surface area contributed by atoms with E-state index in [-0.39, 0.29) is 17.3 Å². The molecule has 0 aliphatic rings. The normalized spacial score (nSPS) is 11.1. The molecular weight excluding hydrogens is 381 g/mol. The van der Waals surface area contributed by atoms with Crippen molar-refractivity contribution in [2.45, 2.75) is 32.6 Å². The molecule has 156 valence electrons. The van der Waals surface area contributed by atoms with E-state index < -0.39 is 0 Å². The van der Waals surface area contributed by atoms with Crippen molar-refractivity contribution in [1.82, 2.24) is 10.3 Å². The van der Waals surface area contributed by atoms with Crippen LogP contribution in [0.25, 0.3) is 0 Å². The lowest BCUT2D eigenvalue weighted by Crippen LogP contribution is -2.30. The van der Waals surface area contributed by atoms with Crippen LogP contribution < -0.4 is 15.4 Å². The average molecular weight is 407 g/mol. The van der Waals surface area contributed by atoms with E-state index in [0.29, 0.717) is 30.3 Å². The molecule has 0 fully saturated rings. The number of anilines is 1. The number of carbonyl (C=O) groups excluding carboxylic acids is 1. The van der Waals surface area contributed by atoms with Gasteiger partial charge in [-0.2, -0.15) is 0 Å². The fourth-order valence-corrected chi connectivity index (χ4v) is 3.03. The number of rotatable bonds is 6. The quantitative estimate of drug-likeness (QED) is 0.553. The Bertz CT molecular complexity index is 1020. The van der Waals surface area contributed by atoms with E-state index in [1.807, 2.05) is 30.3 Å². The monoisotopic (exact) mass is 407 g/mol. The van der Waals surface area contributed by atoms with Crippen LogP contribution in [0.4, 0.5) is 14.9 Å². The maximum atomic E-state index is 13.2. The zero-order valence-corrected chi connectivity index (χ0v) is 17.4. The number of nitrogens with one attached hydrogen (secondary N) is 2. The van der Waals surface area contributed by atoms with Crippen molar-refractivity contribution in [3.8, 4) is 11.6 Å². The van der Waals surface area contributed by atoms with Crippen LogP contribution >= 0.6 is 0 Å². The van der Waals surface area contributed by atoms with Gasteiger partial charge in [-0.25, -0.2) is 14.2 Å². The summed E-state index contributed by atoms with van der Waals surface area (Å²) in [6.07, 6.45) is 2.14. The Labute approximate surface area is 176 Å². The van der Waals surface area contributed by atoms with E-state index in [0.717, 1.165) is 11.1 Å². The van der Waals surface area contributed by atoms with Crippen LogP contribution in [0.2, 0.25) is 0 Å². The molecule has 2 aromatic carbocycles. The molecule has 3 rings (SSSR count). The van der Waals surface area contributed by atoms with Gasteiger partial charge in [0.15, 0.2) is 0 Å². The van der Waals surface area contributed by atoms with Gasteiger partial charge in [0.2, 0.25) is 5.88 Å².